The highest BCUT2D eigenvalue weighted by atomic mass is 16.5. The number of nitrogens with one attached hydrogen (secondary N) is 1. The molecule has 0 aliphatic carbocycles. The maximum atomic E-state index is 12.1. The number of hydrogen-bond acceptors (Lipinski definition) is 4. The van der Waals surface area contributed by atoms with E-state index in [1.807, 2.05) is 25.1 Å². The Morgan fingerprint density at radius 2 is 2.00 bits per heavy atom. The Labute approximate surface area is 130 Å². The zero-order valence-electron chi connectivity index (χ0n) is 13.1. The summed E-state index contributed by atoms with van der Waals surface area (Å²) in [7, 11) is 3.21. The minimum absolute atomic E-state index is 0.111. The van der Waals surface area contributed by atoms with Crippen LogP contribution in [0.5, 0.6) is 11.5 Å². The van der Waals surface area contributed by atoms with Gasteiger partial charge in [0.15, 0.2) is 11.5 Å². The SMILES string of the molecule is CCn1nccc1C(=O)NCCc1ccc(OC)c(OC)c1. The zero-order valence-corrected chi connectivity index (χ0v) is 13.1. The first-order valence-corrected chi connectivity index (χ1v) is 7.20. The van der Waals surface area contributed by atoms with Crippen molar-refractivity contribution < 1.29 is 14.3 Å². The number of benzene rings is 1. The van der Waals surface area contributed by atoms with Gasteiger partial charge in [0, 0.05) is 19.3 Å². The fourth-order valence-corrected chi connectivity index (χ4v) is 2.22. The molecule has 0 saturated carbocycles. The van der Waals surface area contributed by atoms with Crippen molar-refractivity contribution in [2.75, 3.05) is 20.8 Å². The molecule has 1 amide bonds. The molecule has 1 heterocycles. The monoisotopic (exact) mass is 303 g/mol. The Bertz CT molecular complexity index is 637. The predicted molar refractivity (Wildman–Crippen MR) is 83.5 cm³/mol. The minimum atomic E-state index is -0.111. The highest BCUT2D eigenvalue weighted by molar-refractivity contribution is 5.92. The van der Waals surface area contributed by atoms with E-state index in [9.17, 15) is 4.79 Å². The van der Waals surface area contributed by atoms with Crippen LogP contribution in [-0.2, 0) is 13.0 Å². The molecule has 6 nitrogen and oxygen atoms in total. The molecule has 6 heteroatoms. The van der Waals surface area contributed by atoms with Gasteiger partial charge in [0.25, 0.3) is 5.91 Å². The van der Waals surface area contributed by atoms with E-state index in [1.165, 1.54) is 0 Å². The van der Waals surface area contributed by atoms with Crippen LogP contribution in [-0.4, -0.2) is 36.5 Å². The number of carbonyl (C=O) groups is 1. The van der Waals surface area contributed by atoms with Crippen LogP contribution in [0.4, 0.5) is 0 Å². The van der Waals surface area contributed by atoms with Crippen molar-refractivity contribution in [2.45, 2.75) is 19.9 Å². The van der Waals surface area contributed by atoms with Crippen molar-refractivity contribution in [3.05, 3.63) is 41.7 Å². The van der Waals surface area contributed by atoms with Crippen LogP contribution in [0.25, 0.3) is 0 Å². The first-order valence-electron chi connectivity index (χ1n) is 7.20. The van der Waals surface area contributed by atoms with Crippen LogP contribution >= 0.6 is 0 Å². The molecule has 0 atom stereocenters. The van der Waals surface area contributed by atoms with Crippen LogP contribution < -0.4 is 14.8 Å². The molecule has 0 aliphatic rings. The number of aromatic nitrogens is 2. The van der Waals surface area contributed by atoms with Crippen molar-refractivity contribution in [3.8, 4) is 11.5 Å². The number of hydrogen-bond donors (Lipinski definition) is 1. The first-order chi connectivity index (χ1) is 10.7. The van der Waals surface area contributed by atoms with E-state index in [1.54, 1.807) is 31.2 Å². The molecule has 2 rings (SSSR count). The van der Waals surface area contributed by atoms with Gasteiger partial charge in [-0.25, -0.2) is 0 Å². The average Bonchev–Trinajstić information content (AvgIpc) is 3.03. The third-order valence-electron chi connectivity index (χ3n) is 3.40. The van der Waals surface area contributed by atoms with Gasteiger partial charge in [-0.3, -0.25) is 9.48 Å². The number of rotatable bonds is 7. The smallest absolute Gasteiger partial charge is 0.269 e. The molecule has 0 bridgehead atoms. The van der Waals surface area contributed by atoms with E-state index in [4.69, 9.17) is 9.47 Å². The number of ether oxygens (including phenoxy) is 2. The summed E-state index contributed by atoms with van der Waals surface area (Å²) in [5.74, 6) is 1.28. The molecular formula is C16H21N3O3. The van der Waals surface area contributed by atoms with E-state index >= 15 is 0 Å². The van der Waals surface area contributed by atoms with Gasteiger partial charge >= 0.3 is 0 Å². The largest absolute Gasteiger partial charge is 0.493 e. The number of nitrogens with zero attached hydrogens (tertiary/aromatic N) is 2. The van der Waals surface area contributed by atoms with Crippen molar-refractivity contribution in [3.63, 3.8) is 0 Å². The number of aryl methyl sites for hydroxylation is 1. The van der Waals surface area contributed by atoms with Gasteiger partial charge in [0.05, 0.1) is 14.2 Å². The van der Waals surface area contributed by atoms with Gasteiger partial charge in [-0.05, 0) is 37.1 Å². The topological polar surface area (TPSA) is 65.4 Å². The molecule has 2 aromatic rings. The fourth-order valence-electron chi connectivity index (χ4n) is 2.22. The maximum absolute atomic E-state index is 12.1. The lowest BCUT2D eigenvalue weighted by Gasteiger charge is -2.10. The molecule has 0 unspecified atom stereocenters. The normalized spacial score (nSPS) is 10.3. The summed E-state index contributed by atoms with van der Waals surface area (Å²) in [4.78, 5) is 12.1. The summed E-state index contributed by atoms with van der Waals surface area (Å²) in [6.07, 6.45) is 2.35. The minimum Gasteiger partial charge on any atom is -0.493 e. The van der Waals surface area contributed by atoms with Crippen LogP contribution in [0.15, 0.2) is 30.5 Å². The van der Waals surface area contributed by atoms with Gasteiger partial charge < -0.3 is 14.8 Å². The number of methoxy groups -OCH3 is 2. The van der Waals surface area contributed by atoms with Gasteiger partial charge in [-0.1, -0.05) is 6.07 Å². The second-order valence-electron chi connectivity index (χ2n) is 4.73. The van der Waals surface area contributed by atoms with E-state index in [0.29, 0.717) is 36.7 Å². The van der Waals surface area contributed by atoms with Crippen molar-refractivity contribution in [1.82, 2.24) is 15.1 Å². The third kappa shape index (κ3) is 3.58. The molecule has 22 heavy (non-hydrogen) atoms. The Kier molecular flexibility index (Phi) is 5.41. The van der Waals surface area contributed by atoms with Gasteiger partial charge in [-0.15, -0.1) is 0 Å². The maximum Gasteiger partial charge on any atom is 0.269 e. The second-order valence-corrected chi connectivity index (χ2v) is 4.73. The highest BCUT2D eigenvalue weighted by Gasteiger charge is 2.10. The highest BCUT2D eigenvalue weighted by Crippen LogP contribution is 2.27. The Morgan fingerprint density at radius 1 is 1.23 bits per heavy atom. The van der Waals surface area contributed by atoms with Gasteiger partial charge in [0.2, 0.25) is 0 Å². The third-order valence-corrected chi connectivity index (χ3v) is 3.40. The van der Waals surface area contributed by atoms with Crippen LogP contribution in [0.2, 0.25) is 0 Å². The lowest BCUT2D eigenvalue weighted by Crippen LogP contribution is -2.28. The summed E-state index contributed by atoms with van der Waals surface area (Å²) >= 11 is 0. The van der Waals surface area contributed by atoms with E-state index < -0.39 is 0 Å². The number of carbonyl (C=O) groups excluding carboxylic acids is 1. The summed E-state index contributed by atoms with van der Waals surface area (Å²) < 4.78 is 12.1. The Balaban J connectivity index is 1.92. The Morgan fingerprint density at radius 3 is 2.68 bits per heavy atom. The molecule has 0 fully saturated rings. The van der Waals surface area contributed by atoms with Gasteiger partial charge in [-0.2, -0.15) is 5.10 Å². The van der Waals surface area contributed by atoms with E-state index in [0.717, 1.165) is 5.56 Å². The quantitative estimate of drug-likeness (QED) is 0.848. The fraction of sp³-hybridized carbons (Fsp3) is 0.375. The molecule has 118 valence electrons. The zero-order chi connectivity index (χ0) is 15.9. The van der Waals surface area contributed by atoms with Crippen LogP contribution in [0.1, 0.15) is 23.0 Å². The second kappa shape index (κ2) is 7.49. The molecule has 1 N–H and O–H groups in total. The summed E-state index contributed by atoms with van der Waals surface area (Å²) in [6, 6.07) is 7.46. The Hall–Kier alpha value is -2.50. The van der Waals surface area contributed by atoms with Crippen molar-refractivity contribution in [2.24, 2.45) is 0 Å². The molecule has 0 spiro atoms. The number of amides is 1. The van der Waals surface area contributed by atoms with Crippen molar-refractivity contribution >= 4 is 5.91 Å². The lowest BCUT2D eigenvalue weighted by atomic mass is 10.1. The summed E-state index contributed by atoms with van der Waals surface area (Å²) in [5, 5.41) is 6.99. The van der Waals surface area contributed by atoms with Crippen molar-refractivity contribution in [1.29, 1.82) is 0 Å². The molecule has 1 aromatic heterocycles. The average molecular weight is 303 g/mol. The van der Waals surface area contributed by atoms with Crippen LogP contribution in [0, 0.1) is 0 Å². The molecule has 0 saturated heterocycles. The standard InChI is InChI=1S/C16H21N3O3/c1-4-19-13(8-10-18-19)16(20)17-9-7-12-5-6-14(21-2)15(11-12)22-3/h5-6,8,10-11H,4,7,9H2,1-3H3,(H,17,20). The van der Waals surface area contributed by atoms with E-state index in [2.05, 4.69) is 10.4 Å². The molecular weight excluding hydrogens is 282 g/mol. The van der Waals surface area contributed by atoms with E-state index in [-0.39, 0.29) is 5.91 Å². The lowest BCUT2D eigenvalue weighted by molar-refractivity contribution is 0.0943. The predicted octanol–water partition coefficient (Wildman–Crippen LogP) is 1.89. The summed E-state index contributed by atoms with van der Waals surface area (Å²) in [6.45, 7) is 3.17. The van der Waals surface area contributed by atoms with Crippen LogP contribution in [0.3, 0.4) is 0 Å². The van der Waals surface area contributed by atoms with Gasteiger partial charge in [0.1, 0.15) is 5.69 Å². The molecule has 0 radical (unpaired) electrons. The first kappa shape index (κ1) is 15.9. The summed E-state index contributed by atoms with van der Waals surface area (Å²) in [5.41, 5.74) is 1.65. The molecule has 0 aliphatic heterocycles. The molecule has 1 aromatic carbocycles.